The van der Waals surface area contributed by atoms with Gasteiger partial charge in [-0.25, -0.2) is 0 Å². The zero-order valence-electron chi connectivity index (χ0n) is 12.6. The van der Waals surface area contributed by atoms with Crippen molar-refractivity contribution in [1.29, 1.82) is 0 Å². The molecule has 4 heterocycles. The average Bonchev–Trinajstić information content (AvgIpc) is 3.11. The third-order valence-electron chi connectivity index (χ3n) is 4.03. The van der Waals surface area contributed by atoms with Gasteiger partial charge < -0.3 is 0 Å². The molecule has 4 rings (SSSR count). The normalized spacial score (nSPS) is 16.4. The van der Waals surface area contributed by atoms with Crippen LogP contribution in [0, 0.1) is 6.92 Å². The molecule has 114 valence electrons. The van der Waals surface area contributed by atoms with E-state index in [-0.39, 0.29) is 0 Å². The van der Waals surface area contributed by atoms with Crippen molar-refractivity contribution in [3.05, 3.63) is 29.8 Å². The van der Waals surface area contributed by atoms with Crippen LogP contribution in [-0.2, 0) is 6.54 Å². The topological polar surface area (TPSA) is 59.2 Å². The van der Waals surface area contributed by atoms with E-state index in [1.54, 1.807) is 11.3 Å². The number of likely N-dealkylation sites (tertiary alicyclic amines) is 1. The number of aromatic nitrogens is 5. The molecule has 0 atom stereocenters. The molecule has 0 aliphatic carbocycles. The summed E-state index contributed by atoms with van der Waals surface area (Å²) in [6.45, 7) is 5.11. The van der Waals surface area contributed by atoms with Crippen LogP contribution in [0.3, 0.4) is 0 Å². The van der Waals surface area contributed by atoms with E-state index in [0.717, 1.165) is 46.7 Å². The fourth-order valence-corrected chi connectivity index (χ4v) is 3.63. The third kappa shape index (κ3) is 2.62. The highest BCUT2D eigenvalue weighted by molar-refractivity contribution is 7.19. The Morgan fingerprint density at radius 3 is 2.77 bits per heavy atom. The summed E-state index contributed by atoms with van der Waals surface area (Å²) in [6, 6.07) is 4.06. The van der Waals surface area contributed by atoms with Crippen LogP contribution in [-0.4, -0.2) is 42.8 Å². The first-order chi connectivity index (χ1) is 10.8. The standard InChI is InChI=1S/C15H18N6S/c1-11-5-6-12(9-16-11)14-19-21-13(17-18-15(21)22-14)10-20-7-3-2-4-8-20/h5-6,9H,2-4,7-8,10H2,1H3. The lowest BCUT2D eigenvalue weighted by atomic mass is 10.1. The largest absolute Gasteiger partial charge is 0.296 e. The first kappa shape index (κ1) is 13.8. The lowest BCUT2D eigenvalue weighted by Gasteiger charge is -2.25. The molecule has 22 heavy (non-hydrogen) atoms. The summed E-state index contributed by atoms with van der Waals surface area (Å²) < 4.78 is 1.88. The molecule has 3 aromatic heterocycles. The van der Waals surface area contributed by atoms with Gasteiger partial charge in [-0.2, -0.15) is 9.61 Å². The van der Waals surface area contributed by atoms with Crippen molar-refractivity contribution < 1.29 is 0 Å². The number of hydrogen-bond donors (Lipinski definition) is 0. The summed E-state index contributed by atoms with van der Waals surface area (Å²) in [7, 11) is 0. The molecule has 6 nitrogen and oxygen atoms in total. The summed E-state index contributed by atoms with van der Waals surface area (Å²) in [5.41, 5.74) is 2.04. The summed E-state index contributed by atoms with van der Waals surface area (Å²) in [5.74, 6) is 0.930. The molecule has 3 aromatic rings. The van der Waals surface area contributed by atoms with E-state index < -0.39 is 0 Å². The Morgan fingerprint density at radius 1 is 1.14 bits per heavy atom. The van der Waals surface area contributed by atoms with Gasteiger partial charge in [0.1, 0.15) is 5.01 Å². The van der Waals surface area contributed by atoms with Crippen molar-refractivity contribution >= 4 is 16.3 Å². The monoisotopic (exact) mass is 314 g/mol. The van der Waals surface area contributed by atoms with Gasteiger partial charge in [-0.1, -0.05) is 17.8 Å². The zero-order valence-corrected chi connectivity index (χ0v) is 13.4. The van der Waals surface area contributed by atoms with Crippen molar-refractivity contribution in [3.8, 4) is 10.6 Å². The molecule has 1 fully saturated rings. The molecule has 1 aliphatic rings. The molecular weight excluding hydrogens is 296 g/mol. The maximum Gasteiger partial charge on any atom is 0.235 e. The van der Waals surface area contributed by atoms with Gasteiger partial charge in [-0.3, -0.25) is 9.88 Å². The molecule has 0 unspecified atom stereocenters. The Hall–Kier alpha value is -1.86. The number of piperidine rings is 1. The van der Waals surface area contributed by atoms with E-state index in [1.165, 1.54) is 19.3 Å². The van der Waals surface area contributed by atoms with Crippen molar-refractivity contribution in [1.82, 2.24) is 29.7 Å². The molecule has 0 saturated carbocycles. The quantitative estimate of drug-likeness (QED) is 0.743. The van der Waals surface area contributed by atoms with Gasteiger partial charge in [-0.05, 0) is 45.0 Å². The third-order valence-corrected chi connectivity index (χ3v) is 4.98. The molecule has 1 aliphatic heterocycles. The Labute approximate surface area is 132 Å². The average molecular weight is 314 g/mol. The second-order valence-electron chi connectivity index (χ2n) is 5.74. The molecule has 7 heteroatoms. The predicted molar refractivity (Wildman–Crippen MR) is 85.8 cm³/mol. The van der Waals surface area contributed by atoms with Crippen LogP contribution in [0.1, 0.15) is 30.8 Å². The van der Waals surface area contributed by atoms with Crippen molar-refractivity contribution in [3.63, 3.8) is 0 Å². The van der Waals surface area contributed by atoms with Gasteiger partial charge in [0.2, 0.25) is 4.96 Å². The van der Waals surface area contributed by atoms with Crippen LogP contribution in [0.15, 0.2) is 18.3 Å². The minimum absolute atomic E-state index is 0.830. The number of rotatable bonds is 3. The number of hydrogen-bond acceptors (Lipinski definition) is 6. The number of aryl methyl sites for hydroxylation is 1. The molecule has 0 radical (unpaired) electrons. The number of pyridine rings is 1. The molecule has 0 bridgehead atoms. The predicted octanol–water partition coefficient (Wildman–Crippen LogP) is 2.54. The van der Waals surface area contributed by atoms with Crippen LogP contribution < -0.4 is 0 Å². The lowest BCUT2D eigenvalue weighted by molar-refractivity contribution is 0.214. The maximum absolute atomic E-state index is 4.68. The summed E-state index contributed by atoms with van der Waals surface area (Å²) in [6.07, 6.45) is 5.76. The Morgan fingerprint density at radius 2 is 2.00 bits per heavy atom. The van der Waals surface area contributed by atoms with Gasteiger partial charge in [0.25, 0.3) is 0 Å². The van der Waals surface area contributed by atoms with Crippen LogP contribution in [0.25, 0.3) is 15.5 Å². The van der Waals surface area contributed by atoms with E-state index in [1.807, 2.05) is 23.7 Å². The second-order valence-corrected chi connectivity index (χ2v) is 6.70. The minimum Gasteiger partial charge on any atom is -0.296 e. The minimum atomic E-state index is 0.830. The number of nitrogens with zero attached hydrogens (tertiary/aromatic N) is 6. The molecule has 0 N–H and O–H groups in total. The molecular formula is C15H18N6S. The smallest absolute Gasteiger partial charge is 0.235 e. The Balaban J connectivity index is 1.62. The van der Waals surface area contributed by atoms with Gasteiger partial charge in [0.05, 0.1) is 6.54 Å². The molecule has 0 aromatic carbocycles. The molecule has 0 spiro atoms. The highest BCUT2D eigenvalue weighted by atomic mass is 32.1. The first-order valence-corrected chi connectivity index (χ1v) is 8.48. The highest BCUT2D eigenvalue weighted by Gasteiger charge is 2.17. The van der Waals surface area contributed by atoms with Crippen LogP contribution in [0.5, 0.6) is 0 Å². The molecule has 1 saturated heterocycles. The van der Waals surface area contributed by atoms with Crippen LogP contribution >= 0.6 is 11.3 Å². The van der Waals surface area contributed by atoms with E-state index >= 15 is 0 Å². The van der Waals surface area contributed by atoms with Gasteiger partial charge >= 0.3 is 0 Å². The van der Waals surface area contributed by atoms with E-state index in [9.17, 15) is 0 Å². The van der Waals surface area contributed by atoms with E-state index in [2.05, 4.69) is 31.2 Å². The van der Waals surface area contributed by atoms with Crippen LogP contribution in [0.4, 0.5) is 0 Å². The van der Waals surface area contributed by atoms with Gasteiger partial charge in [0, 0.05) is 17.5 Å². The SMILES string of the molecule is Cc1ccc(-c2nn3c(CN4CCCCC4)nnc3s2)cn1. The van der Waals surface area contributed by atoms with E-state index in [4.69, 9.17) is 0 Å². The van der Waals surface area contributed by atoms with E-state index in [0.29, 0.717) is 0 Å². The first-order valence-electron chi connectivity index (χ1n) is 7.66. The summed E-state index contributed by atoms with van der Waals surface area (Å²) in [4.78, 5) is 7.63. The molecule has 0 amide bonds. The zero-order chi connectivity index (χ0) is 14.9. The fraction of sp³-hybridized carbons (Fsp3) is 0.467. The van der Waals surface area contributed by atoms with Crippen molar-refractivity contribution in [2.24, 2.45) is 0 Å². The highest BCUT2D eigenvalue weighted by Crippen LogP contribution is 2.25. The maximum atomic E-state index is 4.68. The van der Waals surface area contributed by atoms with Crippen molar-refractivity contribution in [2.45, 2.75) is 32.7 Å². The fourth-order valence-electron chi connectivity index (χ4n) is 2.78. The Bertz CT molecular complexity index is 769. The van der Waals surface area contributed by atoms with Crippen LogP contribution in [0.2, 0.25) is 0 Å². The van der Waals surface area contributed by atoms with Gasteiger partial charge in [-0.15, -0.1) is 10.2 Å². The summed E-state index contributed by atoms with van der Waals surface area (Å²) >= 11 is 1.56. The lowest BCUT2D eigenvalue weighted by Crippen LogP contribution is -2.30. The van der Waals surface area contributed by atoms with Gasteiger partial charge in [0.15, 0.2) is 5.82 Å². The Kier molecular flexibility index (Phi) is 3.59. The second kappa shape index (κ2) is 5.73. The number of fused-ring (bicyclic) bond motifs is 1. The van der Waals surface area contributed by atoms with Crippen molar-refractivity contribution in [2.75, 3.05) is 13.1 Å². The summed E-state index contributed by atoms with van der Waals surface area (Å²) in [5, 5.41) is 14.2.